The number of rotatable bonds is 10. The van der Waals surface area contributed by atoms with Crippen molar-refractivity contribution in [3.8, 4) is 17.6 Å². The minimum Gasteiger partial charge on any atom is -0.490 e. The Labute approximate surface area is 178 Å². The van der Waals surface area contributed by atoms with E-state index in [1.807, 2.05) is 40.7 Å². The number of ether oxygens (including phenoxy) is 2. The Morgan fingerprint density at radius 1 is 1.20 bits per heavy atom. The molecule has 0 heterocycles. The summed E-state index contributed by atoms with van der Waals surface area (Å²) in [6.07, 6.45) is 3.43. The van der Waals surface area contributed by atoms with E-state index in [0.717, 1.165) is 12.8 Å². The number of hydrogen-bond donors (Lipinski definition) is 1. The molecule has 0 saturated heterocycles. The predicted octanol–water partition coefficient (Wildman–Crippen LogP) is 3.30. The van der Waals surface area contributed by atoms with Gasteiger partial charge in [-0.05, 0) is 71.2 Å². The molecule has 0 spiro atoms. The van der Waals surface area contributed by atoms with Gasteiger partial charge in [0.2, 0.25) is 0 Å². The van der Waals surface area contributed by atoms with E-state index in [4.69, 9.17) is 9.47 Å². The molecule has 0 radical (unpaired) electrons. The Hall–Kier alpha value is -3.01. The van der Waals surface area contributed by atoms with Crippen LogP contribution in [0.15, 0.2) is 23.8 Å². The van der Waals surface area contributed by atoms with Crippen molar-refractivity contribution in [1.82, 2.24) is 10.2 Å². The van der Waals surface area contributed by atoms with Crippen molar-refractivity contribution >= 4 is 17.9 Å². The van der Waals surface area contributed by atoms with Crippen LogP contribution in [-0.4, -0.2) is 48.1 Å². The fraction of sp³-hybridized carbons (Fsp3) is 0.522. The summed E-state index contributed by atoms with van der Waals surface area (Å²) in [5, 5.41) is 12.1. The number of nitriles is 1. The number of benzene rings is 1. The van der Waals surface area contributed by atoms with Gasteiger partial charge in [0.1, 0.15) is 11.6 Å². The number of carbonyl (C=O) groups excluding carboxylic acids is 2. The van der Waals surface area contributed by atoms with Crippen LogP contribution in [0.1, 0.15) is 53.0 Å². The van der Waals surface area contributed by atoms with E-state index in [-0.39, 0.29) is 42.1 Å². The molecule has 0 aromatic heterocycles. The van der Waals surface area contributed by atoms with Crippen molar-refractivity contribution < 1.29 is 19.1 Å². The third kappa shape index (κ3) is 6.51. The van der Waals surface area contributed by atoms with Gasteiger partial charge in [-0.3, -0.25) is 9.59 Å². The van der Waals surface area contributed by atoms with E-state index < -0.39 is 0 Å². The molecule has 0 bridgehead atoms. The Bertz CT molecular complexity index is 827. The average molecular weight is 414 g/mol. The van der Waals surface area contributed by atoms with Gasteiger partial charge in [0.25, 0.3) is 11.8 Å². The lowest BCUT2D eigenvalue weighted by molar-refractivity contribution is -0.137. The lowest BCUT2D eigenvalue weighted by Gasteiger charge is -2.30. The van der Waals surface area contributed by atoms with Gasteiger partial charge in [-0.1, -0.05) is 6.07 Å². The van der Waals surface area contributed by atoms with Gasteiger partial charge in [0, 0.05) is 18.1 Å². The summed E-state index contributed by atoms with van der Waals surface area (Å²) in [5.74, 6) is 0.427. The first kappa shape index (κ1) is 23.3. The lowest BCUT2D eigenvalue weighted by Crippen LogP contribution is -2.44. The van der Waals surface area contributed by atoms with E-state index in [0.29, 0.717) is 23.7 Å². The molecule has 7 nitrogen and oxygen atoms in total. The van der Waals surface area contributed by atoms with E-state index in [1.54, 1.807) is 23.1 Å². The molecule has 0 atom stereocenters. The number of carbonyl (C=O) groups is 2. The molecule has 2 amide bonds. The van der Waals surface area contributed by atoms with E-state index in [9.17, 15) is 14.9 Å². The van der Waals surface area contributed by atoms with E-state index in [2.05, 4.69) is 5.32 Å². The normalized spacial score (nSPS) is 13.7. The van der Waals surface area contributed by atoms with Crippen LogP contribution in [0.25, 0.3) is 6.08 Å². The van der Waals surface area contributed by atoms with Crippen LogP contribution in [-0.2, 0) is 9.59 Å². The van der Waals surface area contributed by atoms with Gasteiger partial charge >= 0.3 is 0 Å². The first-order chi connectivity index (χ1) is 14.3. The quantitative estimate of drug-likeness (QED) is 0.469. The van der Waals surface area contributed by atoms with Gasteiger partial charge in [0.15, 0.2) is 18.1 Å². The van der Waals surface area contributed by atoms with Gasteiger partial charge < -0.3 is 19.7 Å². The van der Waals surface area contributed by atoms with Gasteiger partial charge in [-0.2, -0.15) is 5.26 Å². The first-order valence-electron chi connectivity index (χ1n) is 10.4. The largest absolute Gasteiger partial charge is 0.490 e. The standard InChI is InChI=1S/C23H31N3O4/c1-6-29-21-12-17(11-18(13-24)23(28)25-19-8-9-19)7-10-20(21)30-14-22(27)26(15(2)3)16(4)5/h7,10-12,15-16,19H,6,8-9,14H2,1-5H3,(H,25,28)/b18-11+. The molecule has 1 aliphatic rings. The molecule has 1 aromatic rings. The Morgan fingerprint density at radius 2 is 1.87 bits per heavy atom. The highest BCUT2D eigenvalue weighted by Crippen LogP contribution is 2.30. The zero-order chi connectivity index (χ0) is 22.3. The molecule has 0 unspecified atom stereocenters. The van der Waals surface area contributed by atoms with E-state index in [1.165, 1.54) is 6.08 Å². The molecule has 30 heavy (non-hydrogen) atoms. The molecular weight excluding hydrogens is 382 g/mol. The lowest BCUT2D eigenvalue weighted by atomic mass is 10.1. The second-order valence-electron chi connectivity index (χ2n) is 7.83. The molecular formula is C23H31N3O4. The molecule has 0 aliphatic heterocycles. The molecule has 1 N–H and O–H groups in total. The van der Waals surface area contributed by atoms with Gasteiger partial charge in [-0.25, -0.2) is 0 Å². The second kappa shape index (κ2) is 10.7. The SMILES string of the molecule is CCOc1cc(/C=C(\C#N)C(=O)NC2CC2)ccc1OCC(=O)N(C(C)C)C(C)C. The van der Waals surface area contributed by atoms with Crippen molar-refractivity contribution in [2.24, 2.45) is 0 Å². The summed E-state index contributed by atoms with van der Waals surface area (Å²) in [6, 6.07) is 7.40. The number of nitrogens with one attached hydrogen (secondary N) is 1. The molecule has 162 valence electrons. The second-order valence-corrected chi connectivity index (χ2v) is 7.83. The maximum Gasteiger partial charge on any atom is 0.262 e. The monoisotopic (exact) mass is 413 g/mol. The summed E-state index contributed by atoms with van der Waals surface area (Å²) < 4.78 is 11.4. The molecule has 2 rings (SSSR count). The fourth-order valence-electron chi connectivity index (χ4n) is 3.19. The van der Waals surface area contributed by atoms with Crippen LogP contribution in [0, 0.1) is 11.3 Å². The van der Waals surface area contributed by atoms with Crippen LogP contribution >= 0.6 is 0 Å². The van der Waals surface area contributed by atoms with Crippen LogP contribution in [0.2, 0.25) is 0 Å². The number of hydrogen-bond acceptors (Lipinski definition) is 5. The van der Waals surface area contributed by atoms with Crippen molar-refractivity contribution in [3.05, 3.63) is 29.3 Å². The van der Waals surface area contributed by atoms with Crippen LogP contribution in [0.5, 0.6) is 11.5 Å². The summed E-state index contributed by atoms with van der Waals surface area (Å²) in [4.78, 5) is 26.5. The van der Waals surface area contributed by atoms with Gasteiger partial charge in [-0.15, -0.1) is 0 Å². The summed E-state index contributed by atoms with van der Waals surface area (Å²) in [7, 11) is 0. The summed E-state index contributed by atoms with van der Waals surface area (Å²) in [6.45, 7) is 10.0. The minimum absolute atomic E-state index is 0.0395. The van der Waals surface area contributed by atoms with Crippen molar-refractivity contribution in [1.29, 1.82) is 5.26 Å². The topological polar surface area (TPSA) is 91.7 Å². The third-order valence-electron chi connectivity index (χ3n) is 4.61. The highest BCUT2D eigenvalue weighted by molar-refractivity contribution is 6.02. The van der Waals surface area contributed by atoms with Crippen molar-refractivity contribution in [2.45, 2.75) is 65.6 Å². The zero-order valence-electron chi connectivity index (χ0n) is 18.4. The predicted molar refractivity (Wildman–Crippen MR) is 115 cm³/mol. The first-order valence-corrected chi connectivity index (χ1v) is 10.4. The Morgan fingerprint density at radius 3 is 2.40 bits per heavy atom. The molecule has 1 fully saturated rings. The molecule has 1 saturated carbocycles. The number of nitrogens with zero attached hydrogens (tertiary/aromatic N) is 2. The highest BCUT2D eigenvalue weighted by Gasteiger charge is 2.25. The summed E-state index contributed by atoms with van der Waals surface area (Å²) >= 11 is 0. The van der Waals surface area contributed by atoms with Crippen molar-refractivity contribution in [3.63, 3.8) is 0 Å². The van der Waals surface area contributed by atoms with Crippen LogP contribution in [0.3, 0.4) is 0 Å². The van der Waals surface area contributed by atoms with Crippen LogP contribution in [0.4, 0.5) is 0 Å². The molecule has 1 aliphatic carbocycles. The zero-order valence-corrected chi connectivity index (χ0v) is 18.4. The van der Waals surface area contributed by atoms with Crippen LogP contribution < -0.4 is 14.8 Å². The minimum atomic E-state index is -0.369. The number of amides is 2. The smallest absolute Gasteiger partial charge is 0.262 e. The summed E-state index contributed by atoms with van der Waals surface area (Å²) in [5.41, 5.74) is 0.684. The third-order valence-corrected chi connectivity index (χ3v) is 4.61. The highest BCUT2D eigenvalue weighted by atomic mass is 16.5. The molecule has 1 aromatic carbocycles. The Kier molecular flexibility index (Phi) is 8.28. The van der Waals surface area contributed by atoms with Gasteiger partial charge in [0.05, 0.1) is 6.61 Å². The maximum absolute atomic E-state index is 12.6. The van der Waals surface area contributed by atoms with Crippen molar-refractivity contribution in [2.75, 3.05) is 13.2 Å². The Balaban J connectivity index is 2.16. The fourth-order valence-corrected chi connectivity index (χ4v) is 3.19. The van der Waals surface area contributed by atoms with E-state index >= 15 is 0 Å². The maximum atomic E-state index is 12.6. The molecule has 7 heteroatoms. The average Bonchev–Trinajstić information content (AvgIpc) is 3.48.